The molecule has 8 heteroatoms. The number of aliphatic hydroxyl groups is 1. The summed E-state index contributed by atoms with van der Waals surface area (Å²) in [5.41, 5.74) is -2.48. The lowest BCUT2D eigenvalue weighted by atomic mass is 9.62. The molecule has 0 aliphatic carbocycles. The van der Waals surface area contributed by atoms with E-state index in [0.29, 0.717) is 13.0 Å². The van der Waals surface area contributed by atoms with Gasteiger partial charge in [-0.3, -0.25) is 14.4 Å². The Bertz CT molecular complexity index is 881. The van der Waals surface area contributed by atoms with Crippen LogP contribution >= 0.6 is 0 Å². The largest absolute Gasteiger partial charge is 0.394 e. The normalized spacial score (nSPS) is 34.8. The second-order valence-electron chi connectivity index (χ2n) is 13.8. The van der Waals surface area contributed by atoms with Gasteiger partial charge in [-0.05, 0) is 57.3 Å². The highest BCUT2D eigenvalue weighted by Crippen LogP contribution is 2.65. The Morgan fingerprint density at radius 1 is 1.19 bits per heavy atom. The summed E-state index contributed by atoms with van der Waals surface area (Å²) < 4.78 is 6.76. The molecule has 3 N–H and O–H groups in total. The van der Waals surface area contributed by atoms with Crippen LogP contribution in [-0.4, -0.2) is 69.7 Å². The van der Waals surface area contributed by atoms with Crippen LogP contribution in [0, 0.1) is 29.1 Å². The number of hydrogen-bond donors (Lipinski definition) is 3. The molecule has 0 saturated carbocycles. The highest BCUT2D eigenvalue weighted by molar-refractivity contribution is 5.99. The number of likely N-dealkylation sites (tertiary alicyclic amines) is 1. The van der Waals surface area contributed by atoms with Gasteiger partial charge in [0.1, 0.15) is 11.6 Å². The summed E-state index contributed by atoms with van der Waals surface area (Å²) in [6.45, 7) is 20.5. The van der Waals surface area contributed by atoms with Gasteiger partial charge in [0.25, 0.3) is 0 Å². The SMILES string of the molecule is CCCNC(=O)[C@@H]1[C@H]2C(=O)N([C@@H](CO)C(C)C)C(C(=O)NC(C)(C)CC(C)(C)C)C23CC(C)[C@@]1(C)O3. The molecule has 3 amide bonds. The minimum atomic E-state index is -1.11. The van der Waals surface area contributed by atoms with E-state index in [1.807, 2.05) is 48.5 Å². The Labute approximate surface area is 217 Å². The zero-order valence-electron chi connectivity index (χ0n) is 24.0. The summed E-state index contributed by atoms with van der Waals surface area (Å²) in [6.07, 6.45) is 2.05. The maximum atomic E-state index is 14.2. The molecule has 3 unspecified atom stereocenters. The van der Waals surface area contributed by atoms with Gasteiger partial charge < -0.3 is 25.4 Å². The van der Waals surface area contributed by atoms with Crippen LogP contribution in [0.15, 0.2) is 0 Å². The summed E-state index contributed by atoms with van der Waals surface area (Å²) in [6, 6.07) is -1.47. The molecule has 0 aromatic carbocycles. The second kappa shape index (κ2) is 9.57. The van der Waals surface area contributed by atoms with Gasteiger partial charge in [-0.15, -0.1) is 0 Å². The molecule has 3 aliphatic heterocycles. The average molecular weight is 508 g/mol. The number of ether oxygens (including phenoxy) is 1. The lowest BCUT2D eigenvalue weighted by molar-refractivity contribution is -0.152. The maximum Gasteiger partial charge on any atom is 0.246 e. The van der Waals surface area contributed by atoms with Gasteiger partial charge in [0.05, 0.1) is 30.1 Å². The predicted octanol–water partition coefficient (Wildman–Crippen LogP) is 2.87. The van der Waals surface area contributed by atoms with Gasteiger partial charge in [0.15, 0.2) is 0 Å². The number of carbonyl (C=O) groups is 3. The number of nitrogens with one attached hydrogen (secondary N) is 2. The van der Waals surface area contributed by atoms with Crippen LogP contribution in [-0.2, 0) is 19.1 Å². The molecule has 3 aliphatic rings. The van der Waals surface area contributed by atoms with Crippen LogP contribution < -0.4 is 10.6 Å². The van der Waals surface area contributed by atoms with Crippen LogP contribution in [0.5, 0.6) is 0 Å². The molecule has 1 spiro atoms. The highest BCUT2D eigenvalue weighted by atomic mass is 16.5. The van der Waals surface area contributed by atoms with E-state index in [2.05, 4.69) is 31.4 Å². The molecular weight excluding hydrogens is 458 g/mol. The van der Waals surface area contributed by atoms with E-state index in [9.17, 15) is 19.5 Å². The Morgan fingerprint density at radius 2 is 1.81 bits per heavy atom. The van der Waals surface area contributed by atoms with E-state index in [0.717, 1.165) is 12.8 Å². The van der Waals surface area contributed by atoms with Crippen molar-refractivity contribution in [3.8, 4) is 0 Å². The van der Waals surface area contributed by atoms with Gasteiger partial charge in [-0.1, -0.05) is 48.5 Å². The van der Waals surface area contributed by atoms with Crippen molar-refractivity contribution in [3.05, 3.63) is 0 Å². The topological polar surface area (TPSA) is 108 Å². The molecular formula is C28H49N3O5. The molecule has 3 saturated heterocycles. The molecule has 3 heterocycles. The van der Waals surface area contributed by atoms with Gasteiger partial charge in [-0.25, -0.2) is 0 Å². The average Bonchev–Trinajstić information content (AvgIpc) is 3.21. The Morgan fingerprint density at radius 3 is 2.31 bits per heavy atom. The van der Waals surface area contributed by atoms with Crippen molar-refractivity contribution in [1.29, 1.82) is 0 Å². The van der Waals surface area contributed by atoms with Crippen LogP contribution in [0.4, 0.5) is 0 Å². The number of nitrogens with zero attached hydrogens (tertiary/aromatic N) is 1. The maximum absolute atomic E-state index is 14.2. The Hall–Kier alpha value is -1.67. The highest BCUT2D eigenvalue weighted by Gasteiger charge is 2.80. The van der Waals surface area contributed by atoms with E-state index < -0.39 is 40.7 Å². The zero-order valence-corrected chi connectivity index (χ0v) is 24.0. The molecule has 0 aromatic rings. The first kappa shape index (κ1) is 28.9. The van der Waals surface area contributed by atoms with Gasteiger partial charge in [0.2, 0.25) is 17.7 Å². The summed E-state index contributed by atoms with van der Waals surface area (Å²) in [4.78, 5) is 43.4. The van der Waals surface area contributed by atoms with Crippen LogP contribution in [0.3, 0.4) is 0 Å². The summed E-state index contributed by atoms with van der Waals surface area (Å²) >= 11 is 0. The number of amides is 3. The monoisotopic (exact) mass is 507 g/mol. The van der Waals surface area contributed by atoms with E-state index in [-0.39, 0.29) is 41.6 Å². The summed E-state index contributed by atoms with van der Waals surface area (Å²) in [5, 5.41) is 16.5. The summed E-state index contributed by atoms with van der Waals surface area (Å²) in [5.74, 6) is -2.26. The molecule has 0 radical (unpaired) electrons. The minimum Gasteiger partial charge on any atom is -0.394 e. The third kappa shape index (κ3) is 4.68. The Kier molecular flexibility index (Phi) is 7.68. The fourth-order valence-corrected chi connectivity index (χ4v) is 7.48. The number of fused-ring (bicyclic) bond motifs is 1. The molecule has 206 valence electrons. The first-order valence-electron chi connectivity index (χ1n) is 13.7. The first-order chi connectivity index (χ1) is 16.5. The lowest BCUT2D eigenvalue weighted by Crippen LogP contribution is -2.62. The molecule has 8 nitrogen and oxygen atoms in total. The van der Waals surface area contributed by atoms with E-state index in [1.54, 1.807) is 4.90 Å². The minimum absolute atomic E-state index is 0.0108. The van der Waals surface area contributed by atoms with Crippen molar-refractivity contribution in [2.24, 2.45) is 29.1 Å². The van der Waals surface area contributed by atoms with Gasteiger partial charge in [0, 0.05) is 12.1 Å². The number of hydrogen-bond acceptors (Lipinski definition) is 5. The quantitative estimate of drug-likeness (QED) is 0.445. The first-order valence-corrected chi connectivity index (χ1v) is 13.7. The fourth-order valence-electron chi connectivity index (χ4n) is 7.48. The molecule has 0 aromatic heterocycles. The van der Waals surface area contributed by atoms with Crippen molar-refractivity contribution in [2.45, 2.75) is 117 Å². The van der Waals surface area contributed by atoms with Crippen LogP contribution in [0.25, 0.3) is 0 Å². The molecule has 3 rings (SSSR count). The molecule has 2 bridgehead atoms. The molecule has 7 atom stereocenters. The van der Waals surface area contributed by atoms with E-state index in [1.165, 1.54) is 0 Å². The van der Waals surface area contributed by atoms with Crippen molar-refractivity contribution in [3.63, 3.8) is 0 Å². The Balaban J connectivity index is 2.10. The molecule has 3 fully saturated rings. The zero-order chi connectivity index (χ0) is 27.4. The molecule has 36 heavy (non-hydrogen) atoms. The number of rotatable bonds is 9. The van der Waals surface area contributed by atoms with Crippen LogP contribution in [0.1, 0.15) is 88.5 Å². The van der Waals surface area contributed by atoms with Gasteiger partial charge >= 0.3 is 0 Å². The van der Waals surface area contributed by atoms with Crippen molar-refractivity contribution >= 4 is 17.7 Å². The smallest absolute Gasteiger partial charge is 0.246 e. The number of carbonyl (C=O) groups excluding carboxylic acids is 3. The van der Waals surface area contributed by atoms with E-state index >= 15 is 0 Å². The summed E-state index contributed by atoms with van der Waals surface area (Å²) in [7, 11) is 0. The third-order valence-electron chi connectivity index (χ3n) is 8.58. The van der Waals surface area contributed by atoms with Crippen LogP contribution in [0.2, 0.25) is 0 Å². The van der Waals surface area contributed by atoms with Gasteiger partial charge in [-0.2, -0.15) is 0 Å². The van der Waals surface area contributed by atoms with Crippen molar-refractivity contribution < 1.29 is 24.2 Å². The van der Waals surface area contributed by atoms with Crippen molar-refractivity contribution in [1.82, 2.24) is 15.5 Å². The fraction of sp³-hybridized carbons (Fsp3) is 0.893. The van der Waals surface area contributed by atoms with E-state index in [4.69, 9.17) is 4.74 Å². The predicted molar refractivity (Wildman–Crippen MR) is 139 cm³/mol. The third-order valence-corrected chi connectivity index (χ3v) is 8.58. The standard InChI is InChI=1S/C28H49N3O5/c1-11-12-29-22(33)19-20-24(35)31(18(14-32)16(2)3)21(28(20)13-17(4)27(19,10)36-28)23(34)30-26(8,9)15-25(5,6)7/h16-21,32H,11-15H2,1-10H3,(H,29,33)(H,30,34)/t17?,18-,19-,20-,21?,27+,28?/m0/s1. The van der Waals surface area contributed by atoms with Crippen molar-refractivity contribution in [2.75, 3.05) is 13.2 Å². The number of aliphatic hydroxyl groups excluding tert-OH is 1. The second-order valence-corrected chi connectivity index (χ2v) is 13.8. The lowest BCUT2D eigenvalue weighted by Gasteiger charge is -2.41.